The van der Waals surface area contributed by atoms with Gasteiger partial charge >= 0.3 is 0 Å². The van der Waals surface area contributed by atoms with Crippen LogP contribution in [0.5, 0.6) is 0 Å². The van der Waals surface area contributed by atoms with Crippen molar-refractivity contribution in [3.63, 3.8) is 0 Å². The van der Waals surface area contributed by atoms with E-state index in [4.69, 9.17) is 5.73 Å². The van der Waals surface area contributed by atoms with Crippen LogP contribution in [0.1, 0.15) is 32.6 Å². The van der Waals surface area contributed by atoms with E-state index in [9.17, 15) is 0 Å². The van der Waals surface area contributed by atoms with Crippen LogP contribution in [0.3, 0.4) is 0 Å². The Hall–Kier alpha value is -0.0800. The van der Waals surface area contributed by atoms with Gasteiger partial charge in [0.1, 0.15) is 0 Å². The number of nitrogens with one attached hydrogen (secondary N) is 1. The quantitative estimate of drug-likeness (QED) is 0.633. The molecule has 2 fully saturated rings. The minimum absolute atomic E-state index is 0.492. The Morgan fingerprint density at radius 2 is 2.09 bits per heavy atom. The van der Waals surface area contributed by atoms with Crippen LogP contribution in [0.2, 0.25) is 0 Å². The third kappa shape index (κ3) is 1.57. The molecule has 2 heteroatoms. The summed E-state index contributed by atoms with van der Waals surface area (Å²) in [5.74, 6) is 0.979. The second-order valence-electron chi connectivity index (χ2n) is 4.11. The number of hydrogen-bond acceptors (Lipinski definition) is 2. The molecule has 64 valence electrons. The lowest BCUT2D eigenvalue weighted by Gasteiger charge is -2.33. The van der Waals surface area contributed by atoms with Crippen LogP contribution < -0.4 is 11.1 Å². The Morgan fingerprint density at radius 1 is 1.36 bits per heavy atom. The minimum Gasteiger partial charge on any atom is -0.328 e. The highest BCUT2D eigenvalue weighted by atomic mass is 15.0. The SMILES string of the molecule is CCC1CC1NC1CC(N)C1. The summed E-state index contributed by atoms with van der Waals surface area (Å²) in [6.07, 6.45) is 5.15. The fraction of sp³-hybridized carbons (Fsp3) is 1.00. The zero-order chi connectivity index (χ0) is 7.84. The largest absolute Gasteiger partial charge is 0.328 e. The molecule has 0 aromatic heterocycles. The van der Waals surface area contributed by atoms with Gasteiger partial charge in [0.2, 0.25) is 0 Å². The molecule has 2 aliphatic rings. The van der Waals surface area contributed by atoms with Gasteiger partial charge in [-0.15, -0.1) is 0 Å². The van der Waals surface area contributed by atoms with Gasteiger partial charge in [0, 0.05) is 18.1 Å². The van der Waals surface area contributed by atoms with Crippen molar-refractivity contribution in [3.8, 4) is 0 Å². The highest BCUT2D eigenvalue weighted by molar-refractivity contribution is 4.98. The van der Waals surface area contributed by atoms with Crippen molar-refractivity contribution in [2.75, 3.05) is 0 Å². The van der Waals surface area contributed by atoms with Crippen molar-refractivity contribution in [2.45, 2.75) is 50.7 Å². The molecule has 0 bridgehead atoms. The molecule has 11 heavy (non-hydrogen) atoms. The highest BCUT2D eigenvalue weighted by Crippen LogP contribution is 2.35. The van der Waals surface area contributed by atoms with Crippen LogP contribution in [0.4, 0.5) is 0 Å². The molecule has 3 N–H and O–H groups in total. The van der Waals surface area contributed by atoms with Crippen molar-refractivity contribution in [3.05, 3.63) is 0 Å². The van der Waals surface area contributed by atoms with Crippen LogP contribution in [0.25, 0.3) is 0 Å². The van der Waals surface area contributed by atoms with E-state index in [2.05, 4.69) is 12.2 Å². The summed E-state index contributed by atoms with van der Waals surface area (Å²) in [5.41, 5.74) is 5.69. The summed E-state index contributed by atoms with van der Waals surface area (Å²) in [5, 5.41) is 3.64. The van der Waals surface area contributed by atoms with Crippen molar-refractivity contribution < 1.29 is 0 Å². The van der Waals surface area contributed by atoms with E-state index in [-0.39, 0.29) is 0 Å². The van der Waals surface area contributed by atoms with Crippen molar-refractivity contribution in [1.29, 1.82) is 0 Å². The third-order valence-corrected chi connectivity index (χ3v) is 3.07. The van der Waals surface area contributed by atoms with E-state index in [0.717, 1.165) is 18.0 Å². The Balaban J connectivity index is 1.62. The molecule has 0 spiro atoms. The molecule has 0 aliphatic heterocycles. The lowest BCUT2D eigenvalue weighted by atomic mass is 9.87. The van der Waals surface area contributed by atoms with Gasteiger partial charge in [-0.2, -0.15) is 0 Å². The average Bonchev–Trinajstić information content (AvgIpc) is 2.64. The van der Waals surface area contributed by atoms with Gasteiger partial charge in [-0.25, -0.2) is 0 Å². The summed E-state index contributed by atoms with van der Waals surface area (Å²) in [6.45, 7) is 2.28. The van der Waals surface area contributed by atoms with Crippen LogP contribution in [-0.4, -0.2) is 18.1 Å². The monoisotopic (exact) mass is 154 g/mol. The highest BCUT2D eigenvalue weighted by Gasteiger charge is 2.38. The smallest absolute Gasteiger partial charge is 0.0102 e. The number of hydrogen-bond donors (Lipinski definition) is 2. The van der Waals surface area contributed by atoms with Crippen molar-refractivity contribution in [2.24, 2.45) is 11.7 Å². The predicted molar refractivity (Wildman–Crippen MR) is 46.3 cm³/mol. The second kappa shape index (κ2) is 2.76. The third-order valence-electron chi connectivity index (χ3n) is 3.07. The van der Waals surface area contributed by atoms with E-state index >= 15 is 0 Å². The standard InChI is InChI=1S/C9H18N2/c1-2-6-3-9(6)11-8-4-7(10)5-8/h6-9,11H,2-5,10H2,1H3. The topological polar surface area (TPSA) is 38.0 Å². The Kier molecular flexibility index (Phi) is 1.90. The molecule has 2 rings (SSSR count). The Labute approximate surface area is 68.5 Å². The minimum atomic E-state index is 0.492. The van der Waals surface area contributed by atoms with Crippen LogP contribution in [0, 0.1) is 5.92 Å². The second-order valence-corrected chi connectivity index (χ2v) is 4.11. The summed E-state index contributed by atoms with van der Waals surface area (Å²) >= 11 is 0. The Morgan fingerprint density at radius 3 is 2.55 bits per heavy atom. The summed E-state index contributed by atoms with van der Waals surface area (Å²) < 4.78 is 0. The van der Waals surface area contributed by atoms with Crippen molar-refractivity contribution >= 4 is 0 Å². The zero-order valence-corrected chi connectivity index (χ0v) is 7.22. The summed E-state index contributed by atoms with van der Waals surface area (Å²) in [4.78, 5) is 0. The first-order chi connectivity index (χ1) is 5.29. The molecule has 2 atom stereocenters. The molecule has 2 aliphatic carbocycles. The molecule has 0 amide bonds. The molecule has 0 radical (unpaired) electrons. The van der Waals surface area contributed by atoms with E-state index in [1.54, 1.807) is 0 Å². The van der Waals surface area contributed by atoms with E-state index in [1.165, 1.54) is 25.7 Å². The molecule has 0 heterocycles. The van der Waals surface area contributed by atoms with Crippen molar-refractivity contribution in [1.82, 2.24) is 5.32 Å². The van der Waals surface area contributed by atoms with Gasteiger partial charge in [0.05, 0.1) is 0 Å². The number of rotatable bonds is 3. The van der Waals surface area contributed by atoms with Gasteiger partial charge < -0.3 is 11.1 Å². The summed E-state index contributed by atoms with van der Waals surface area (Å²) in [7, 11) is 0. The molecule has 0 aromatic carbocycles. The summed E-state index contributed by atoms with van der Waals surface area (Å²) in [6, 6.07) is 2.09. The predicted octanol–water partition coefficient (Wildman–Crippen LogP) is 0.864. The van der Waals surface area contributed by atoms with Crippen LogP contribution in [-0.2, 0) is 0 Å². The van der Waals surface area contributed by atoms with Gasteiger partial charge in [-0.1, -0.05) is 13.3 Å². The lowest BCUT2D eigenvalue weighted by molar-refractivity contribution is 0.286. The molecular formula is C9H18N2. The Bertz CT molecular complexity index is 140. The van der Waals surface area contributed by atoms with Gasteiger partial charge in [-0.3, -0.25) is 0 Å². The molecular weight excluding hydrogens is 136 g/mol. The van der Waals surface area contributed by atoms with E-state index in [0.29, 0.717) is 6.04 Å². The normalized spacial score (nSPS) is 48.5. The molecule has 2 unspecified atom stereocenters. The number of nitrogens with two attached hydrogens (primary N) is 1. The average molecular weight is 154 g/mol. The lowest BCUT2D eigenvalue weighted by Crippen LogP contribution is -2.49. The van der Waals surface area contributed by atoms with Gasteiger partial charge in [0.25, 0.3) is 0 Å². The fourth-order valence-electron chi connectivity index (χ4n) is 2.00. The maximum Gasteiger partial charge on any atom is 0.0102 e. The van der Waals surface area contributed by atoms with Crippen LogP contribution in [0.15, 0.2) is 0 Å². The maximum absolute atomic E-state index is 5.69. The molecule has 2 saturated carbocycles. The maximum atomic E-state index is 5.69. The molecule has 0 aromatic rings. The first kappa shape index (κ1) is 7.56. The first-order valence-electron chi connectivity index (χ1n) is 4.81. The molecule has 2 nitrogen and oxygen atoms in total. The zero-order valence-electron chi connectivity index (χ0n) is 7.22. The van der Waals surface area contributed by atoms with Gasteiger partial charge in [0.15, 0.2) is 0 Å². The first-order valence-corrected chi connectivity index (χ1v) is 4.81. The van der Waals surface area contributed by atoms with Gasteiger partial charge in [-0.05, 0) is 25.2 Å². The molecule has 0 saturated heterocycles. The fourth-order valence-corrected chi connectivity index (χ4v) is 2.00. The van der Waals surface area contributed by atoms with E-state index in [1.807, 2.05) is 0 Å². The van der Waals surface area contributed by atoms with Crippen LogP contribution >= 0.6 is 0 Å². The van der Waals surface area contributed by atoms with E-state index < -0.39 is 0 Å².